The van der Waals surface area contributed by atoms with Crippen LogP contribution >= 0.6 is 0 Å². The number of amides is 2. The highest BCUT2D eigenvalue weighted by molar-refractivity contribution is 7.90. The van der Waals surface area contributed by atoms with Crippen molar-refractivity contribution in [1.29, 1.82) is 0 Å². The van der Waals surface area contributed by atoms with Gasteiger partial charge in [-0.3, -0.25) is 4.68 Å². The fourth-order valence-corrected chi connectivity index (χ4v) is 4.76. The van der Waals surface area contributed by atoms with Crippen LogP contribution in [-0.4, -0.2) is 42.9 Å². The highest BCUT2D eigenvalue weighted by Gasteiger charge is 2.27. The first-order chi connectivity index (χ1) is 17.1. The maximum Gasteiger partial charge on any atom is 0.333 e. The monoisotopic (exact) mass is 472 g/mol. The van der Waals surface area contributed by atoms with E-state index in [1.165, 1.54) is 18.3 Å². The summed E-state index contributed by atoms with van der Waals surface area (Å²) < 4.78 is 61.6. The van der Waals surface area contributed by atoms with Crippen molar-refractivity contribution >= 4 is 21.7 Å². The van der Waals surface area contributed by atoms with Crippen LogP contribution in [0.15, 0.2) is 47.8 Å². The van der Waals surface area contributed by atoms with Gasteiger partial charge >= 0.3 is 6.03 Å². The predicted molar refractivity (Wildman–Crippen MR) is 120 cm³/mol. The zero-order valence-corrected chi connectivity index (χ0v) is 18.3. The summed E-state index contributed by atoms with van der Waals surface area (Å²) in [5, 5.41) is 6.52. The van der Waals surface area contributed by atoms with E-state index in [0.717, 1.165) is 19.3 Å². The SMILES string of the molecule is [2H]C([2H])([2H])Oc1cc(-c2ccc3c(c2NC(=O)NS(=O)(=O)c2ccn(C4CCC4)n2)CCO3)ccn1. The Kier molecular flexibility index (Phi) is 4.55. The van der Waals surface area contributed by atoms with Crippen LogP contribution in [-0.2, 0) is 16.4 Å². The van der Waals surface area contributed by atoms with E-state index in [9.17, 15) is 13.2 Å². The van der Waals surface area contributed by atoms with E-state index in [2.05, 4.69) is 15.4 Å². The molecular formula is C22H23N5O5S. The molecule has 11 heteroatoms. The zero-order valence-electron chi connectivity index (χ0n) is 20.4. The summed E-state index contributed by atoms with van der Waals surface area (Å²) in [4.78, 5) is 16.8. The molecule has 0 unspecified atom stereocenters. The molecular weight excluding hydrogens is 446 g/mol. The number of benzene rings is 1. The first-order valence-electron chi connectivity index (χ1n) is 11.9. The first kappa shape index (κ1) is 17.9. The van der Waals surface area contributed by atoms with Crippen LogP contribution < -0.4 is 19.5 Å². The normalized spacial score (nSPS) is 17.0. The lowest BCUT2D eigenvalue weighted by atomic mass is 9.93. The fraction of sp³-hybridized carbons (Fsp3) is 0.318. The quantitative estimate of drug-likeness (QED) is 0.565. The number of carbonyl (C=O) groups is 1. The Balaban J connectivity index is 1.41. The lowest BCUT2D eigenvalue weighted by molar-refractivity contribution is 0.256. The number of urea groups is 1. The van der Waals surface area contributed by atoms with E-state index in [0.29, 0.717) is 41.2 Å². The molecule has 10 nitrogen and oxygen atoms in total. The van der Waals surface area contributed by atoms with E-state index in [-0.39, 0.29) is 16.9 Å². The van der Waals surface area contributed by atoms with Gasteiger partial charge in [0, 0.05) is 36.0 Å². The van der Waals surface area contributed by atoms with Gasteiger partial charge in [0.2, 0.25) is 5.88 Å². The van der Waals surface area contributed by atoms with Crippen molar-refractivity contribution in [3.8, 4) is 22.8 Å². The largest absolute Gasteiger partial charge is 0.493 e. The topological polar surface area (TPSA) is 124 Å². The molecule has 33 heavy (non-hydrogen) atoms. The van der Waals surface area contributed by atoms with Gasteiger partial charge in [0.25, 0.3) is 10.0 Å². The van der Waals surface area contributed by atoms with E-state index < -0.39 is 23.1 Å². The summed E-state index contributed by atoms with van der Waals surface area (Å²) in [5.41, 5.74) is 2.04. The number of aromatic nitrogens is 3. The molecule has 1 saturated carbocycles. The molecule has 2 amide bonds. The molecule has 2 aliphatic rings. The third-order valence-electron chi connectivity index (χ3n) is 5.80. The summed E-state index contributed by atoms with van der Waals surface area (Å²) in [6.07, 6.45) is 6.41. The molecule has 3 aromatic rings. The summed E-state index contributed by atoms with van der Waals surface area (Å²) in [6.45, 7) is 0.399. The molecule has 2 N–H and O–H groups in total. The number of sulfonamides is 1. The molecule has 0 atom stereocenters. The maximum absolute atomic E-state index is 12.9. The van der Waals surface area contributed by atoms with Crippen LogP contribution in [0.2, 0.25) is 0 Å². The zero-order chi connectivity index (χ0) is 25.5. The van der Waals surface area contributed by atoms with Crippen LogP contribution in [0.3, 0.4) is 0 Å². The van der Waals surface area contributed by atoms with Crippen LogP contribution in [0.1, 0.15) is 35.0 Å². The second-order valence-electron chi connectivity index (χ2n) is 7.83. The number of carbonyl (C=O) groups excluding carboxylic acids is 1. The van der Waals surface area contributed by atoms with E-state index >= 15 is 0 Å². The minimum absolute atomic E-state index is 0.121. The van der Waals surface area contributed by atoms with Gasteiger partial charge in [-0.05, 0) is 49.1 Å². The predicted octanol–water partition coefficient (Wildman–Crippen LogP) is 3.12. The molecule has 0 radical (unpaired) electrons. The highest BCUT2D eigenvalue weighted by Crippen LogP contribution is 2.40. The number of pyridine rings is 1. The number of rotatable bonds is 6. The molecule has 0 saturated heterocycles. The average molecular weight is 473 g/mol. The highest BCUT2D eigenvalue weighted by atomic mass is 32.2. The third kappa shape index (κ3) is 4.11. The van der Waals surface area contributed by atoms with Crippen molar-refractivity contribution in [2.75, 3.05) is 19.0 Å². The Hall–Kier alpha value is -3.60. The van der Waals surface area contributed by atoms with Crippen LogP contribution in [0.5, 0.6) is 11.6 Å². The van der Waals surface area contributed by atoms with Gasteiger partial charge in [-0.15, -0.1) is 0 Å². The molecule has 172 valence electrons. The minimum atomic E-state index is -4.21. The summed E-state index contributed by atoms with van der Waals surface area (Å²) in [7, 11) is -6.89. The lowest BCUT2D eigenvalue weighted by Crippen LogP contribution is -2.35. The second-order valence-corrected chi connectivity index (χ2v) is 9.46. The summed E-state index contributed by atoms with van der Waals surface area (Å²) in [5.74, 6) is 0.438. The number of methoxy groups -OCH3 is 1. The number of fused-ring (bicyclic) bond motifs is 1. The Morgan fingerprint density at radius 3 is 2.97 bits per heavy atom. The Labute approximate surface area is 195 Å². The molecule has 0 bridgehead atoms. The first-order valence-corrected chi connectivity index (χ1v) is 11.9. The van der Waals surface area contributed by atoms with E-state index in [1.54, 1.807) is 29.1 Å². The molecule has 1 aliphatic carbocycles. The average Bonchev–Trinajstić information content (AvgIpc) is 3.41. The van der Waals surface area contributed by atoms with Crippen molar-refractivity contribution in [3.05, 3.63) is 48.3 Å². The maximum atomic E-state index is 12.9. The number of anilines is 1. The third-order valence-corrected chi connectivity index (χ3v) is 7.03. The number of ether oxygens (including phenoxy) is 2. The second kappa shape index (κ2) is 8.39. The van der Waals surface area contributed by atoms with Gasteiger partial charge in [-0.25, -0.2) is 14.5 Å². The summed E-state index contributed by atoms with van der Waals surface area (Å²) in [6, 6.07) is 7.03. The van der Waals surface area contributed by atoms with Crippen molar-refractivity contribution in [2.45, 2.75) is 36.8 Å². The Morgan fingerprint density at radius 2 is 2.18 bits per heavy atom. The van der Waals surface area contributed by atoms with Crippen molar-refractivity contribution in [2.24, 2.45) is 0 Å². The Morgan fingerprint density at radius 1 is 1.30 bits per heavy atom. The standard InChI is InChI=1S/C22H23N5O5S/c1-31-19-13-14(7-10-23-19)16-5-6-18-17(9-12-32-18)21(16)24-22(28)26-33(29,30)20-8-11-27(25-20)15-3-2-4-15/h5-8,10-11,13,15H,2-4,9,12H2,1H3,(H2,24,26,28)/i1D3. The molecule has 1 aliphatic heterocycles. The summed E-state index contributed by atoms with van der Waals surface area (Å²) >= 11 is 0. The van der Waals surface area contributed by atoms with Gasteiger partial charge in [0.1, 0.15) is 5.75 Å². The van der Waals surface area contributed by atoms with Crippen molar-refractivity contribution < 1.29 is 26.8 Å². The molecule has 0 spiro atoms. The number of nitrogens with zero attached hydrogens (tertiary/aromatic N) is 3. The molecule has 3 heterocycles. The van der Waals surface area contributed by atoms with Gasteiger partial charge in [-0.1, -0.05) is 0 Å². The molecule has 5 rings (SSSR count). The van der Waals surface area contributed by atoms with Gasteiger partial charge in [0.15, 0.2) is 5.03 Å². The van der Waals surface area contributed by atoms with E-state index in [1.807, 2.05) is 4.72 Å². The lowest BCUT2D eigenvalue weighted by Gasteiger charge is -2.25. The fourth-order valence-electron chi connectivity index (χ4n) is 3.92. The van der Waals surface area contributed by atoms with Crippen LogP contribution in [0, 0.1) is 0 Å². The van der Waals surface area contributed by atoms with Gasteiger partial charge in [-0.2, -0.15) is 13.5 Å². The van der Waals surface area contributed by atoms with Gasteiger partial charge in [0.05, 0.1) is 29.5 Å². The van der Waals surface area contributed by atoms with E-state index in [4.69, 9.17) is 13.6 Å². The Bertz CT molecular complexity index is 1420. The van der Waals surface area contributed by atoms with Crippen LogP contribution in [0.25, 0.3) is 11.1 Å². The van der Waals surface area contributed by atoms with Crippen molar-refractivity contribution in [3.63, 3.8) is 0 Å². The minimum Gasteiger partial charge on any atom is -0.493 e. The number of nitrogens with one attached hydrogen (secondary N) is 2. The number of hydrogen-bond donors (Lipinski definition) is 2. The molecule has 2 aromatic heterocycles. The van der Waals surface area contributed by atoms with Crippen LogP contribution in [0.4, 0.5) is 10.5 Å². The molecule has 1 fully saturated rings. The van der Waals surface area contributed by atoms with Crippen molar-refractivity contribution in [1.82, 2.24) is 19.5 Å². The smallest absolute Gasteiger partial charge is 0.333 e. The number of hydrogen-bond acceptors (Lipinski definition) is 7. The van der Waals surface area contributed by atoms with Gasteiger partial charge < -0.3 is 14.8 Å². The molecule has 1 aromatic carbocycles.